The average molecular weight is 362 g/mol. The van der Waals surface area contributed by atoms with Crippen molar-refractivity contribution in [2.24, 2.45) is 23.7 Å². The van der Waals surface area contributed by atoms with Crippen LogP contribution < -0.4 is 0 Å². The average Bonchev–Trinajstić information content (AvgIpc) is 2.46. The van der Waals surface area contributed by atoms with E-state index in [1.807, 2.05) is 0 Å². The molecule has 140 valence electrons. The number of hydrogen-bond acceptors (Lipinski definition) is 6. The molecule has 11 heteroatoms. The second-order valence-corrected chi connectivity index (χ2v) is 5.54. The molecule has 0 heterocycles. The van der Waals surface area contributed by atoms with E-state index in [4.69, 9.17) is 25.5 Å². The standard InChI is InChI=1S/C14H18O11/c1-5(2-7(11(18)19)12(20)21)9(15)4-6(10(16)17)3-8(13(22)23)14(24)25/h5-8H,2-4H2,1H3,(H,16,17)(H,18,19)(H,20,21)(H,22,23)(H,24,25). The smallest absolute Gasteiger partial charge is 0.317 e. The number of ketones is 1. The van der Waals surface area contributed by atoms with Crippen LogP contribution in [-0.2, 0) is 28.8 Å². The predicted molar refractivity (Wildman–Crippen MR) is 76.7 cm³/mol. The summed E-state index contributed by atoms with van der Waals surface area (Å²) in [5, 5.41) is 44.1. The molecule has 0 bridgehead atoms. The van der Waals surface area contributed by atoms with Gasteiger partial charge in [-0.1, -0.05) is 6.92 Å². The van der Waals surface area contributed by atoms with E-state index in [-0.39, 0.29) is 0 Å². The fraction of sp³-hybridized carbons (Fsp3) is 0.571. The Morgan fingerprint density at radius 2 is 1.00 bits per heavy atom. The highest BCUT2D eigenvalue weighted by atomic mass is 16.4. The SMILES string of the molecule is CC(CC(C(=O)O)C(=O)O)C(=O)CC(CC(C(=O)O)C(=O)O)C(=O)O. The third kappa shape index (κ3) is 6.97. The van der Waals surface area contributed by atoms with Gasteiger partial charge in [0.05, 0.1) is 5.92 Å². The van der Waals surface area contributed by atoms with E-state index in [1.165, 1.54) is 6.92 Å². The van der Waals surface area contributed by atoms with E-state index in [0.29, 0.717) is 0 Å². The molecule has 5 N–H and O–H groups in total. The van der Waals surface area contributed by atoms with E-state index in [2.05, 4.69) is 0 Å². The summed E-state index contributed by atoms with van der Waals surface area (Å²) in [7, 11) is 0. The van der Waals surface area contributed by atoms with Crippen LogP contribution in [0.15, 0.2) is 0 Å². The number of carbonyl (C=O) groups excluding carboxylic acids is 1. The molecular weight excluding hydrogens is 344 g/mol. The van der Waals surface area contributed by atoms with Crippen molar-refractivity contribution in [3.8, 4) is 0 Å². The molecule has 2 unspecified atom stereocenters. The number of carboxylic acid groups (broad SMARTS) is 5. The van der Waals surface area contributed by atoms with Crippen molar-refractivity contribution in [1.82, 2.24) is 0 Å². The molecule has 0 aliphatic heterocycles. The van der Waals surface area contributed by atoms with Crippen LogP contribution in [0.1, 0.15) is 26.2 Å². The minimum absolute atomic E-state index is 0.572. The molecule has 0 aromatic heterocycles. The number of carboxylic acids is 5. The first-order valence-corrected chi connectivity index (χ1v) is 7.05. The molecule has 25 heavy (non-hydrogen) atoms. The van der Waals surface area contributed by atoms with Crippen LogP contribution in [0.3, 0.4) is 0 Å². The maximum Gasteiger partial charge on any atom is 0.317 e. The molecule has 0 rings (SSSR count). The first-order valence-electron chi connectivity index (χ1n) is 7.05. The lowest BCUT2D eigenvalue weighted by Gasteiger charge is -2.18. The van der Waals surface area contributed by atoms with Gasteiger partial charge < -0.3 is 25.5 Å². The van der Waals surface area contributed by atoms with Crippen LogP contribution in [0.4, 0.5) is 0 Å². The van der Waals surface area contributed by atoms with Gasteiger partial charge in [-0.2, -0.15) is 0 Å². The minimum Gasteiger partial charge on any atom is -0.481 e. The first-order chi connectivity index (χ1) is 11.4. The Morgan fingerprint density at radius 1 is 0.640 bits per heavy atom. The van der Waals surface area contributed by atoms with Gasteiger partial charge in [0.15, 0.2) is 11.8 Å². The molecule has 0 aliphatic carbocycles. The fourth-order valence-electron chi connectivity index (χ4n) is 2.10. The Bertz CT molecular complexity index is 551. The highest BCUT2D eigenvalue weighted by Crippen LogP contribution is 2.22. The summed E-state index contributed by atoms with van der Waals surface area (Å²) in [6.45, 7) is 1.21. The monoisotopic (exact) mass is 362 g/mol. The van der Waals surface area contributed by atoms with Gasteiger partial charge in [-0.25, -0.2) is 0 Å². The predicted octanol–water partition coefficient (Wildman–Crippen LogP) is -0.366. The van der Waals surface area contributed by atoms with Crippen LogP contribution in [0.5, 0.6) is 0 Å². The number of hydrogen-bond donors (Lipinski definition) is 5. The summed E-state index contributed by atoms with van der Waals surface area (Å²) in [5.74, 6) is -15.8. The Hall–Kier alpha value is -2.98. The maximum atomic E-state index is 12.0. The van der Waals surface area contributed by atoms with E-state index >= 15 is 0 Å². The molecule has 0 saturated carbocycles. The zero-order valence-electron chi connectivity index (χ0n) is 13.1. The Balaban J connectivity index is 5.08. The van der Waals surface area contributed by atoms with Gasteiger partial charge in [-0.15, -0.1) is 0 Å². The second kappa shape index (κ2) is 9.35. The summed E-state index contributed by atoms with van der Waals surface area (Å²) in [6.07, 6.45) is -2.14. The van der Waals surface area contributed by atoms with Crippen LogP contribution in [0.25, 0.3) is 0 Å². The lowest BCUT2D eigenvalue weighted by Crippen LogP contribution is -2.32. The van der Waals surface area contributed by atoms with E-state index in [9.17, 15) is 28.8 Å². The number of carbonyl (C=O) groups is 6. The van der Waals surface area contributed by atoms with Crippen molar-refractivity contribution in [3.63, 3.8) is 0 Å². The van der Waals surface area contributed by atoms with Crippen LogP contribution in [-0.4, -0.2) is 61.2 Å². The van der Waals surface area contributed by atoms with Crippen LogP contribution in [0, 0.1) is 23.7 Å². The molecule has 0 aliphatic rings. The minimum atomic E-state index is -2.02. The molecule has 11 nitrogen and oxygen atoms in total. The van der Waals surface area contributed by atoms with Gasteiger partial charge in [0.2, 0.25) is 0 Å². The van der Waals surface area contributed by atoms with Crippen molar-refractivity contribution in [3.05, 3.63) is 0 Å². The van der Waals surface area contributed by atoms with Crippen LogP contribution >= 0.6 is 0 Å². The van der Waals surface area contributed by atoms with Crippen molar-refractivity contribution in [2.45, 2.75) is 26.2 Å². The first kappa shape index (κ1) is 22.0. The third-order valence-corrected chi connectivity index (χ3v) is 3.65. The normalized spacial score (nSPS) is 13.2. The van der Waals surface area contributed by atoms with Crippen molar-refractivity contribution in [2.75, 3.05) is 0 Å². The largest absolute Gasteiger partial charge is 0.481 e. The second-order valence-electron chi connectivity index (χ2n) is 5.54. The molecule has 0 saturated heterocycles. The number of rotatable bonds is 12. The Morgan fingerprint density at radius 3 is 1.32 bits per heavy atom. The molecule has 0 amide bonds. The van der Waals surface area contributed by atoms with Gasteiger partial charge in [-0.3, -0.25) is 28.8 Å². The van der Waals surface area contributed by atoms with E-state index in [1.54, 1.807) is 0 Å². The Kier molecular flexibility index (Phi) is 8.23. The molecule has 0 aromatic rings. The molecular formula is C14H18O11. The van der Waals surface area contributed by atoms with Gasteiger partial charge >= 0.3 is 29.8 Å². The Labute approximate surface area is 140 Å². The topological polar surface area (TPSA) is 204 Å². The summed E-state index contributed by atoms with van der Waals surface area (Å²) >= 11 is 0. The summed E-state index contributed by atoms with van der Waals surface area (Å²) in [6, 6.07) is 0. The van der Waals surface area contributed by atoms with Crippen molar-refractivity contribution >= 4 is 35.6 Å². The van der Waals surface area contributed by atoms with Gasteiger partial charge in [0, 0.05) is 12.3 Å². The van der Waals surface area contributed by atoms with E-state index < -0.39 is 78.6 Å². The lowest BCUT2D eigenvalue weighted by molar-refractivity contribution is -0.159. The third-order valence-electron chi connectivity index (χ3n) is 3.65. The number of aliphatic carboxylic acids is 5. The van der Waals surface area contributed by atoms with Crippen molar-refractivity contribution in [1.29, 1.82) is 0 Å². The maximum absolute atomic E-state index is 12.0. The summed E-state index contributed by atoms with van der Waals surface area (Å²) in [5.41, 5.74) is 0. The number of Topliss-reactive ketones (excluding diaryl/α,β-unsaturated/α-hetero) is 1. The zero-order valence-corrected chi connectivity index (χ0v) is 13.1. The van der Waals surface area contributed by atoms with Gasteiger partial charge in [-0.05, 0) is 12.8 Å². The summed E-state index contributed by atoms with van der Waals surface area (Å²) in [4.78, 5) is 66.4. The van der Waals surface area contributed by atoms with Gasteiger partial charge in [0.25, 0.3) is 0 Å². The molecule has 0 radical (unpaired) electrons. The molecule has 0 spiro atoms. The van der Waals surface area contributed by atoms with Gasteiger partial charge in [0.1, 0.15) is 5.78 Å². The summed E-state index contributed by atoms with van der Waals surface area (Å²) < 4.78 is 0. The highest BCUT2D eigenvalue weighted by molar-refractivity contribution is 5.95. The zero-order chi connectivity index (χ0) is 19.9. The van der Waals surface area contributed by atoms with E-state index in [0.717, 1.165) is 0 Å². The molecule has 2 atom stereocenters. The lowest BCUT2D eigenvalue weighted by atomic mass is 9.85. The quantitative estimate of drug-likeness (QED) is 0.283. The highest BCUT2D eigenvalue weighted by Gasteiger charge is 2.35. The molecule has 0 fully saturated rings. The van der Waals surface area contributed by atoms with Crippen LogP contribution in [0.2, 0.25) is 0 Å². The fourth-order valence-corrected chi connectivity index (χ4v) is 2.10. The van der Waals surface area contributed by atoms with Crippen molar-refractivity contribution < 1.29 is 54.3 Å². The molecule has 0 aromatic carbocycles.